The summed E-state index contributed by atoms with van der Waals surface area (Å²) in [6.45, 7) is 6.44. The molecule has 1 aromatic heterocycles. The minimum Gasteiger partial charge on any atom is -0.349 e. The zero-order valence-electron chi connectivity index (χ0n) is 16.5. The fraction of sp³-hybridized carbons (Fsp3) is 0.318. The fourth-order valence-electron chi connectivity index (χ4n) is 3.00. The Kier molecular flexibility index (Phi) is 6.87. The lowest BCUT2D eigenvalue weighted by Gasteiger charge is -2.15. The van der Waals surface area contributed by atoms with E-state index in [0.717, 1.165) is 17.7 Å². The first-order valence-corrected chi connectivity index (χ1v) is 10.5. The molecule has 0 aliphatic rings. The topological polar surface area (TPSA) is 59.8 Å². The Hall–Kier alpha value is -2.60. The summed E-state index contributed by atoms with van der Waals surface area (Å²) >= 11 is 1.38. The maximum Gasteiger partial charge on any atom is 0.230 e. The molecule has 0 spiro atoms. The van der Waals surface area contributed by atoms with Crippen molar-refractivity contribution in [2.24, 2.45) is 5.92 Å². The van der Waals surface area contributed by atoms with Crippen molar-refractivity contribution in [2.75, 3.05) is 5.75 Å². The Morgan fingerprint density at radius 3 is 2.46 bits per heavy atom. The number of carbonyl (C=O) groups is 1. The molecule has 0 aliphatic carbocycles. The number of aromatic nitrogens is 3. The van der Waals surface area contributed by atoms with Gasteiger partial charge >= 0.3 is 0 Å². The number of benzene rings is 2. The van der Waals surface area contributed by atoms with Crippen LogP contribution in [0.5, 0.6) is 0 Å². The first-order chi connectivity index (χ1) is 13.5. The lowest BCUT2D eigenvalue weighted by molar-refractivity contribution is -0.119. The summed E-state index contributed by atoms with van der Waals surface area (Å²) in [4.78, 5) is 12.4. The van der Waals surface area contributed by atoms with Gasteiger partial charge in [0.2, 0.25) is 5.91 Å². The van der Waals surface area contributed by atoms with E-state index in [-0.39, 0.29) is 11.9 Å². The van der Waals surface area contributed by atoms with E-state index in [1.807, 2.05) is 41.8 Å². The van der Waals surface area contributed by atoms with E-state index in [9.17, 15) is 4.79 Å². The Labute approximate surface area is 170 Å². The molecule has 3 rings (SSSR count). The maximum atomic E-state index is 12.4. The van der Waals surface area contributed by atoms with Gasteiger partial charge < -0.3 is 5.32 Å². The van der Waals surface area contributed by atoms with Crippen molar-refractivity contribution in [1.29, 1.82) is 0 Å². The summed E-state index contributed by atoms with van der Waals surface area (Å²) in [5.74, 6) is 0.908. The summed E-state index contributed by atoms with van der Waals surface area (Å²) < 4.78 is 1.88. The van der Waals surface area contributed by atoms with Crippen LogP contribution in [-0.2, 0) is 11.2 Å². The van der Waals surface area contributed by atoms with E-state index in [4.69, 9.17) is 0 Å². The molecule has 0 saturated heterocycles. The molecule has 5 nitrogen and oxygen atoms in total. The molecule has 6 heteroatoms. The Morgan fingerprint density at radius 2 is 1.79 bits per heavy atom. The predicted octanol–water partition coefficient (Wildman–Crippen LogP) is 4.44. The van der Waals surface area contributed by atoms with E-state index in [1.165, 1.54) is 17.3 Å². The molecule has 0 saturated carbocycles. The van der Waals surface area contributed by atoms with Crippen LogP contribution in [0.3, 0.4) is 0 Å². The monoisotopic (exact) mass is 394 g/mol. The molecular weight excluding hydrogens is 368 g/mol. The number of rotatable bonds is 8. The first-order valence-electron chi connectivity index (χ1n) is 9.49. The average molecular weight is 395 g/mol. The van der Waals surface area contributed by atoms with Gasteiger partial charge in [0.15, 0.2) is 5.16 Å². The third kappa shape index (κ3) is 5.45. The number of hydrogen-bond acceptors (Lipinski definition) is 4. The Morgan fingerprint density at radius 1 is 1.07 bits per heavy atom. The molecule has 1 amide bonds. The number of thioether (sulfide) groups is 1. The third-order valence-corrected chi connectivity index (χ3v) is 5.33. The molecule has 28 heavy (non-hydrogen) atoms. The maximum absolute atomic E-state index is 12.4. The van der Waals surface area contributed by atoms with Gasteiger partial charge in [-0.1, -0.05) is 68.1 Å². The van der Waals surface area contributed by atoms with Gasteiger partial charge in [-0.3, -0.25) is 9.36 Å². The highest BCUT2D eigenvalue weighted by Crippen LogP contribution is 2.20. The molecule has 146 valence electrons. The number of hydrogen-bond donors (Lipinski definition) is 1. The molecule has 0 fully saturated rings. The molecule has 0 bridgehead atoms. The van der Waals surface area contributed by atoms with Gasteiger partial charge in [0.1, 0.15) is 6.33 Å². The van der Waals surface area contributed by atoms with Crippen LogP contribution in [0.2, 0.25) is 0 Å². The summed E-state index contributed by atoms with van der Waals surface area (Å²) in [5, 5.41) is 11.9. The highest BCUT2D eigenvalue weighted by atomic mass is 32.2. The van der Waals surface area contributed by atoms with Crippen LogP contribution in [0.25, 0.3) is 5.69 Å². The van der Waals surface area contributed by atoms with Crippen molar-refractivity contribution in [3.63, 3.8) is 0 Å². The molecule has 1 N–H and O–H groups in total. The summed E-state index contributed by atoms with van der Waals surface area (Å²) in [6.07, 6.45) is 2.73. The second-order valence-electron chi connectivity index (χ2n) is 7.24. The molecule has 0 radical (unpaired) electrons. The van der Waals surface area contributed by atoms with E-state index in [0.29, 0.717) is 16.8 Å². The van der Waals surface area contributed by atoms with Gasteiger partial charge in [-0.2, -0.15) is 0 Å². The average Bonchev–Trinajstić information content (AvgIpc) is 3.16. The van der Waals surface area contributed by atoms with Crippen LogP contribution in [0.4, 0.5) is 0 Å². The number of para-hydroxylation sites is 1. The van der Waals surface area contributed by atoms with E-state index < -0.39 is 0 Å². The summed E-state index contributed by atoms with van der Waals surface area (Å²) in [5.41, 5.74) is 3.41. The van der Waals surface area contributed by atoms with Gasteiger partial charge in [0, 0.05) is 5.69 Å². The zero-order valence-corrected chi connectivity index (χ0v) is 17.3. The van der Waals surface area contributed by atoms with Crippen LogP contribution in [0.15, 0.2) is 66.1 Å². The minimum absolute atomic E-state index is 0.0219. The summed E-state index contributed by atoms with van der Waals surface area (Å²) in [6, 6.07) is 18.3. The van der Waals surface area contributed by atoms with E-state index >= 15 is 0 Å². The molecular formula is C22H26N4OS. The second kappa shape index (κ2) is 9.55. The molecule has 1 heterocycles. The number of carbonyl (C=O) groups excluding carboxylic acids is 1. The molecule has 3 aromatic rings. The minimum atomic E-state index is -0.0341. The van der Waals surface area contributed by atoms with Crippen LogP contribution >= 0.6 is 11.8 Å². The van der Waals surface area contributed by atoms with Gasteiger partial charge in [-0.25, -0.2) is 0 Å². The number of amides is 1. The Bertz CT molecular complexity index is 890. The largest absolute Gasteiger partial charge is 0.349 e. The van der Waals surface area contributed by atoms with Gasteiger partial charge in [0.05, 0.1) is 11.8 Å². The summed E-state index contributed by atoms with van der Waals surface area (Å²) in [7, 11) is 0. The van der Waals surface area contributed by atoms with E-state index in [2.05, 4.69) is 53.6 Å². The quantitative estimate of drug-likeness (QED) is 0.574. The Balaban J connectivity index is 1.54. The van der Waals surface area contributed by atoms with Crippen molar-refractivity contribution >= 4 is 17.7 Å². The van der Waals surface area contributed by atoms with Crippen LogP contribution in [-0.4, -0.2) is 26.4 Å². The molecule has 2 aromatic carbocycles. The molecule has 1 atom stereocenters. The second-order valence-corrected chi connectivity index (χ2v) is 8.18. The first kappa shape index (κ1) is 20.1. The van der Waals surface area contributed by atoms with Crippen molar-refractivity contribution in [2.45, 2.75) is 38.4 Å². The highest BCUT2D eigenvalue weighted by molar-refractivity contribution is 7.99. The predicted molar refractivity (Wildman–Crippen MR) is 114 cm³/mol. The lowest BCUT2D eigenvalue weighted by Crippen LogP contribution is -2.28. The van der Waals surface area contributed by atoms with Gasteiger partial charge in [0.25, 0.3) is 0 Å². The zero-order chi connectivity index (χ0) is 19.9. The number of nitrogens with zero attached hydrogens (tertiary/aromatic N) is 3. The van der Waals surface area contributed by atoms with Crippen molar-refractivity contribution in [3.8, 4) is 5.69 Å². The third-order valence-electron chi connectivity index (χ3n) is 4.38. The van der Waals surface area contributed by atoms with Crippen molar-refractivity contribution < 1.29 is 4.79 Å². The van der Waals surface area contributed by atoms with E-state index in [1.54, 1.807) is 6.33 Å². The van der Waals surface area contributed by atoms with Gasteiger partial charge in [-0.15, -0.1) is 10.2 Å². The highest BCUT2D eigenvalue weighted by Gasteiger charge is 2.13. The standard InChI is InChI=1S/C22H26N4OS/c1-16(2)13-18-9-11-19(12-10-18)17(3)24-21(27)14-28-22-25-23-15-26(22)20-7-5-4-6-8-20/h4-12,15-17H,13-14H2,1-3H3,(H,24,27). The van der Waals surface area contributed by atoms with Crippen LogP contribution < -0.4 is 5.32 Å². The lowest BCUT2D eigenvalue weighted by atomic mass is 10.00. The molecule has 0 aliphatic heterocycles. The smallest absolute Gasteiger partial charge is 0.230 e. The van der Waals surface area contributed by atoms with Crippen LogP contribution in [0, 0.1) is 5.92 Å². The van der Waals surface area contributed by atoms with Crippen molar-refractivity contribution in [1.82, 2.24) is 20.1 Å². The SMILES string of the molecule is CC(C)Cc1ccc(C(C)NC(=O)CSc2nncn2-c2ccccc2)cc1. The fourth-order valence-corrected chi connectivity index (χ4v) is 3.74. The van der Waals surface area contributed by atoms with Crippen LogP contribution in [0.1, 0.15) is 37.9 Å². The number of nitrogens with one attached hydrogen (secondary N) is 1. The van der Waals surface area contributed by atoms with Crippen molar-refractivity contribution in [3.05, 3.63) is 72.1 Å². The normalized spacial score (nSPS) is 12.1. The molecule has 1 unspecified atom stereocenters. The van der Waals surface area contributed by atoms with Gasteiger partial charge in [-0.05, 0) is 42.5 Å².